The molecule has 0 aromatic heterocycles. The summed E-state index contributed by atoms with van der Waals surface area (Å²) in [7, 11) is 1.15. The summed E-state index contributed by atoms with van der Waals surface area (Å²) in [5, 5.41) is 0. The van der Waals surface area contributed by atoms with E-state index < -0.39 is 18.8 Å². The molecule has 0 saturated heterocycles. The zero-order chi connectivity index (χ0) is 13.1. The Bertz CT molecular complexity index is 418. The molecule has 0 aliphatic carbocycles. The molecule has 7 heteroatoms. The minimum absolute atomic E-state index is 0.0304. The molecule has 94 valence electrons. The molecular formula is C10H8F3IO3. The van der Waals surface area contributed by atoms with Gasteiger partial charge in [-0.15, -0.1) is 0 Å². The molecule has 0 fully saturated rings. The molecule has 0 heterocycles. The average molecular weight is 360 g/mol. The summed E-state index contributed by atoms with van der Waals surface area (Å²) in [6, 6.07) is 4.28. The third-order valence-electron chi connectivity index (χ3n) is 1.74. The number of hydrogen-bond donors (Lipinski definition) is 0. The second kappa shape index (κ2) is 5.56. The van der Waals surface area contributed by atoms with E-state index in [9.17, 15) is 18.0 Å². The number of benzene rings is 1. The van der Waals surface area contributed by atoms with Gasteiger partial charge in [-0.1, -0.05) is 0 Å². The summed E-state index contributed by atoms with van der Waals surface area (Å²) in [4.78, 5) is 11.3. The zero-order valence-corrected chi connectivity index (χ0v) is 10.8. The van der Waals surface area contributed by atoms with Gasteiger partial charge in [0.2, 0.25) is 0 Å². The summed E-state index contributed by atoms with van der Waals surface area (Å²) >= 11 is 1.90. The SMILES string of the molecule is COC(=O)c1ccc(I)cc1OCC(F)(F)F. The van der Waals surface area contributed by atoms with Crippen LogP contribution in [-0.4, -0.2) is 25.9 Å². The molecule has 17 heavy (non-hydrogen) atoms. The molecular weight excluding hydrogens is 352 g/mol. The van der Waals surface area contributed by atoms with Crippen molar-refractivity contribution in [2.45, 2.75) is 6.18 Å². The van der Waals surface area contributed by atoms with Crippen molar-refractivity contribution >= 4 is 28.6 Å². The van der Waals surface area contributed by atoms with Crippen molar-refractivity contribution in [3.63, 3.8) is 0 Å². The molecule has 1 aromatic carbocycles. The Balaban J connectivity index is 2.95. The highest BCUT2D eigenvalue weighted by Crippen LogP contribution is 2.25. The molecule has 0 amide bonds. The van der Waals surface area contributed by atoms with Gasteiger partial charge in [0.1, 0.15) is 11.3 Å². The van der Waals surface area contributed by atoms with Crippen LogP contribution in [0.15, 0.2) is 18.2 Å². The lowest BCUT2D eigenvalue weighted by atomic mass is 10.2. The van der Waals surface area contributed by atoms with Crippen molar-refractivity contribution in [3.8, 4) is 5.75 Å². The molecule has 0 radical (unpaired) electrons. The topological polar surface area (TPSA) is 35.5 Å². The monoisotopic (exact) mass is 360 g/mol. The van der Waals surface area contributed by atoms with Crippen LogP contribution in [0.4, 0.5) is 13.2 Å². The molecule has 3 nitrogen and oxygen atoms in total. The lowest BCUT2D eigenvalue weighted by Crippen LogP contribution is -2.20. The fourth-order valence-electron chi connectivity index (χ4n) is 1.05. The number of rotatable bonds is 3. The average Bonchev–Trinajstić information content (AvgIpc) is 2.24. The van der Waals surface area contributed by atoms with Crippen molar-refractivity contribution in [2.75, 3.05) is 13.7 Å². The highest BCUT2D eigenvalue weighted by molar-refractivity contribution is 14.1. The molecule has 0 bridgehead atoms. The predicted molar refractivity (Wildman–Crippen MR) is 62.0 cm³/mol. The van der Waals surface area contributed by atoms with E-state index in [0.717, 1.165) is 7.11 Å². The Kier molecular flexibility index (Phi) is 4.61. The van der Waals surface area contributed by atoms with Gasteiger partial charge in [0.15, 0.2) is 6.61 Å². The fourth-order valence-corrected chi connectivity index (χ4v) is 1.52. The highest BCUT2D eigenvalue weighted by atomic mass is 127. The van der Waals surface area contributed by atoms with E-state index in [1.54, 1.807) is 6.07 Å². The van der Waals surface area contributed by atoms with Gasteiger partial charge >= 0.3 is 12.1 Å². The van der Waals surface area contributed by atoms with Gasteiger partial charge in [-0.25, -0.2) is 4.79 Å². The van der Waals surface area contributed by atoms with Crippen LogP contribution in [-0.2, 0) is 4.74 Å². The van der Waals surface area contributed by atoms with Crippen LogP contribution in [0.1, 0.15) is 10.4 Å². The van der Waals surface area contributed by atoms with Gasteiger partial charge in [0, 0.05) is 3.57 Å². The summed E-state index contributed by atoms with van der Waals surface area (Å²) < 4.78 is 45.7. The molecule has 0 aliphatic rings. The Morgan fingerprint density at radius 1 is 1.41 bits per heavy atom. The summed E-state index contributed by atoms with van der Waals surface area (Å²) in [5.41, 5.74) is -0.0304. The van der Waals surface area contributed by atoms with Gasteiger partial charge in [-0.3, -0.25) is 0 Å². The van der Waals surface area contributed by atoms with Gasteiger partial charge in [0.05, 0.1) is 7.11 Å². The maximum absolute atomic E-state index is 12.0. The quantitative estimate of drug-likeness (QED) is 0.614. The molecule has 1 aromatic rings. The first-order valence-corrected chi connectivity index (χ1v) is 5.49. The minimum Gasteiger partial charge on any atom is -0.483 e. The number of methoxy groups -OCH3 is 1. The van der Waals surface area contributed by atoms with Crippen LogP contribution in [0.2, 0.25) is 0 Å². The maximum Gasteiger partial charge on any atom is 0.422 e. The van der Waals surface area contributed by atoms with Crippen LogP contribution in [0.3, 0.4) is 0 Å². The van der Waals surface area contributed by atoms with E-state index in [4.69, 9.17) is 0 Å². The van der Waals surface area contributed by atoms with Crippen molar-refractivity contribution < 1.29 is 27.4 Å². The second-order valence-corrected chi connectivity index (χ2v) is 4.28. The first-order chi connectivity index (χ1) is 7.83. The van der Waals surface area contributed by atoms with Crippen molar-refractivity contribution in [1.29, 1.82) is 0 Å². The largest absolute Gasteiger partial charge is 0.483 e. The van der Waals surface area contributed by atoms with Crippen LogP contribution >= 0.6 is 22.6 Å². The number of hydrogen-bond acceptors (Lipinski definition) is 3. The number of carbonyl (C=O) groups excluding carboxylic acids is 1. The van der Waals surface area contributed by atoms with Gasteiger partial charge in [-0.2, -0.15) is 13.2 Å². The van der Waals surface area contributed by atoms with Crippen molar-refractivity contribution in [1.82, 2.24) is 0 Å². The van der Waals surface area contributed by atoms with Crippen LogP contribution in [0.5, 0.6) is 5.75 Å². The Morgan fingerprint density at radius 3 is 2.59 bits per heavy atom. The Morgan fingerprint density at radius 2 is 2.06 bits per heavy atom. The number of esters is 1. The lowest BCUT2D eigenvalue weighted by molar-refractivity contribution is -0.153. The predicted octanol–water partition coefficient (Wildman–Crippen LogP) is 3.02. The van der Waals surface area contributed by atoms with E-state index in [-0.39, 0.29) is 11.3 Å². The van der Waals surface area contributed by atoms with E-state index in [1.807, 2.05) is 22.6 Å². The van der Waals surface area contributed by atoms with Crippen LogP contribution in [0.25, 0.3) is 0 Å². The zero-order valence-electron chi connectivity index (χ0n) is 8.68. The van der Waals surface area contributed by atoms with E-state index in [0.29, 0.717) is 3.57 Å². The van der Waals surface area contributed by atoms with E-state index in [2.05, 4.69) is 9.47 Å². The maximum atomic E-state index is 12.0. The summed E-state index contributed by atoms with van der Waals surface area (Å²) in [6.07, 6.45) is -4.45. The van der Waals surface area contributed by atoms with E-state index >= 15 is 0 Å². The van der Waals surface area contributed by atoms with Gasteiger partial charge in [0.25, 0.3) is 0 Å². The van der Waals surface area contributed by atoms with Gasteiger partial charge < -0.3 is 9.47 Å². The van der Waals surface area contributed by atoms with E-state index in [1.165, 1.54) is 12.1 Å². The number of alkyl halides is 3. The summed E-state index contributed by atoms with van der Waals surface area (Å²) in [5.74, 6) is -0.875. The highest BCUT2D eigenvalue weighted by Gasteiger charge is 2.29. The molecule has 0 N–H and O–H groups in total. The Labute approximate surface area is 109 Å². The second-order valence-electron chi connectivity index (χ2n) is 3.04. The molecule has 0 atom stereocenters. The molecule has 0 unspecified atom stereocenters. The normalized spacial score (nSPS) is 11.1. The van der Waals surface area contributed by atoms with Crippen LogP contribution < -0.4 is 4.74 Å². The smallest absolute Gasteiger partial charge is 0.422 e. The van der Waals surface area contributed by atoms with Gasteiger partial charge in [-0.05, 0) is 40.8 Å². The lowest BCUT2D eigenvalue weighted by Gasteiger charge is -2.12. The summed E-state index contributed by atoms with van der Waals surface area (Å²) in [6.45, 7) is -1.45. The minimum atomic E-state index is -4.45. The number of halogens is 4. The standard InChI is InChI=1S/C10H8F3IO3/c1-16-9(15)7-3-2-6(14)4-8(7)17-5-10(11,12)13/h2-4H,5H2,1H3. The Hall–Kier alpha value is -0.990. The first-order valence-electron chi connectivity index (χ1n) is 4.41. The number of carbonyl (C=O) groups is 1. The van der Waals surface area contributed by atoms with Crippen LogP contribution in [0, 0.1) is 3.57 Å². The molecule has 0 saturated carbocycles. The third-order valence-corrected chi connectivity index (χ3v) is 2.41. The molecule has 1 rings (SSSR count). The van der Waals surface area contributed by atoms with Crippen molar-refractivity contribution in [2.24, 2.45) is 0 Å². The fraction of sp³-hybridized carbons (Fsp3) is 0.300. The number of ether oxygens (including phenoxy) is 2. The molecule has 0 aliphatic heterocycles. The van der Waals surface area contributed by atoms with Crippen molar-refractivity contribution in [3.05, 3.63) is 27.3 Å². The first kappa shape index (κ1) is 14.1. The molecule has 0 spiro atoms. The third kappa shape index (κ3) is 4.41.